The second-order valence-corrected chi connectivity index (χ2v) is 6.58. The minimum absolute atomic E-state index is 0.266. The van der Waals surface area contributed by atoms with Crippen molar-refractivity contribution < 1.29 is 4.79 Å². The lowest BCUT2D eigenvalue weighted by atomic mass is 10.0. The second kappa shape index (κ2) is 8.45. The van der Waals surface area contributed by atoms with Crippen LogP contribution in [0.5, 0.6) is 0 Å². The Morgan fingerprint density at radius 3 is 2.52 bits per heavy atom. The van der Waals surface area contributed by atoms with Crippen LogP contribution in [0.25, 0.3) is 6.08 Å². The molecule has 2 aromatic rings. The van der Waals surface area contributed by atoms with Gasteiger partial charge in [-0.25, -0.2) is 0 Å². The number of rotatable bonds is 4. The monoisotopic (exact) mass is 345 g/mol. The molecule has 0 bridgehead atoms. The quantitative estimate of drug-likeness (QED) is 0.447. The molecule has 1 heterocycles. The third-order valence-electron chi connectivity index (χ3n) is 3.08. The molecule has 0 radical (unpaired) electrons. The predicted molar refractivity (Wildman–Crippen MR) is 101 cm³/mol. The van der Waals surface area contributed by atoms with Gasteiger partial charge in [0.15, 0.2) is 5.11 Å². The Balaban J connectivity index is 1.77. The molecule has 0 aliphatic heterocycles. The van der Waals surface area contributed by atoms with Gasteiger partial charge in [-0.15, -0.1) is 11.3 Å². The Labute approximate surface area is 145 Å². The number of anilines is 1. The minimum Gasteiger partial charge on any atom is -0.331 e. The van der Waals surface area contributed by atoms with Crippen LogP contribution in [0.2, 0.25) is 0 Å². The highest BCUT2D eigenvalue weighted by Crippen LogP contribution is 2.16. The normalized spacial score (nSPS) is 10.7. The highest BCUT2D eigenvalue weighted by Gasteiger charge is 2.01. The van der Waals surface area contributed by atoms with E-state index in [1.54, 1.807) is 17.4 Å². The summed E-state index contributed by atoms with van der Waals surface area (Å²) < 4.78 is 0. The Kier molecular flexibility index (Phi) is 6.31. The van der Waals surface area contributed by atoms with E-state index in [2.05, 4.69) is 42.1 Å². The molecule has 0 saturated carbocycles. The Bertz CT molecular complexity index is 676. The van der Waals surface area contributed by atoms with Crippen molar-refractivity contribution in [2.75, 3.05) is 5.32 Å². The van der Waals surface area contributed by atoms with E-state index in [-0.39, 0.29) is 5.91 Å². The summed E-state index contributed by atoms with van der Waals surface area (Å²) in [4.78, 5) is 12.7. The van der Waals surface area contributed by atoms with Crippen LogP contribution in [0, 0.1) is 0 Å². The molecule has 2 rings (SSSR count). The topological polar surface area (TPSA) is 53.2 Å². The number of hydrogen-bond acceptors (Lipinski definition) is 3. The fourth-order valence-corrected chi connectivity index (χ4v) is 2.60. The summed E-state index contributed by atoms with van der Waals surface area (Å²) in [5.74, 6) is 0.223. The van der Waals surface area contributed by atoms with Crippen molar-refractivity contribution in [2.45, 2.75) is 19.8 Å². The molecule has 0 spiro atoms. The largest absolute Gasteiger partial charge is 0.331 e. The van der Waals surface area contributed by atoms with E-state index in [0.29, 0.717) is 11.0 Å². The maximum Gasteiger partial charge on any atom is 0.262 e. The smallest absolute Gasteiger partial charge is 0.262 e. The van der Waals surface area contributed by atoms with E-state index in [4.69, 9.17) is 12.2 Å². The number of hydrogen-bond donors (Lipinski definition) is 3. The molecule has 0 aliphatic carbocycles. The van der Waals surface area contributed by atoms with E-state index in [1.165, 1.54) is 11.6 Å². The van der Waals surface area contributed by atoms with Gasteiger partial charge in [0.05, 0.1) is 0 Å². The van der Waals surface area contributed by atoms with Gasteiger partial charge < -0.3 is 5.32 Å². The van der Waals surface area contributed by atoms with Gasteiger partial charge in [-0.05, 0) is 53.4 Å². The van der Waals surface area contributed by atoms with Crippen LogP contribution in [0.3, 0.4) is 0 Å². The SMILES string of the molecule is CC(C)c1ccc(NC(=S)NNC(=O)/C=C/c2cccs2)cc1. The average Bonchev–Trinajstić information content (AvgIpc) is 3.05. The zero-order valence-electron chi connectivity index (χ0n) is 13.0. The molecule has 0 atom stereocenters. The summed E-state index contributed by atoms with van der Waals surface area (Å²) in [6.07, 6.45) is 3.21. The number of carbonyl (C=O) groups is 1. The number of benzene rings is 1. The van der Waals surface area contributed by atoms with Crippen LogP contribution >= 0.6 is 23.6 Å². The Hall–Kier alpha value is -2.18. The van der Waals surface area contributed by atoms with E-state index < -0.39 is 0 Å². The number of hydrazine groups is 1. The van der Waals surface area contributed by atoms with Gasteiger partial charge in [-0.1, -0.05) is 32.0 Å². The molecule has 23 heavy (non-hydrogen) atoms. The summed E-state index contributed by atoms with van der Waals surface area (Å²) in [6, 6.07) is 11.9. The molecule has 0 fully saturated rings. The van der Waals surface area contributed by atoms with Gasteiger partial charge in [-0.2, -0.15) is 0 Å². The van der Waals surface area contributed by atoms with E-state index >= 15 is 0 Å². The number of nitrogens with one attached hydrogen (secondary N) is 3. The maximum absolute atomic E-state index is 11.7. The molecule has 1 amide bonds. The van der Waals surface area contributed by atoms with Crippen LogP contribution in [0.15, 0.2) is 47.9 Å². The molecule has 0 unspecified atom stereocenters. The van der Waals surface area contributed by atoms with Gasteiger partial charge >= 0.3 is 0 Å². The lowest BCUT2D eigenvalue weighted by molar-refractivity contribution is -0.116. The number of amides is 1. The first-order valence-electron chi connectivity index (χ1n) is 7.23. The van der Waals surface area contributed by atoms with Crippen LogP contribution in [-0.4, -0.2) is 11.0 Å². The number of carbonyl (C=O) groups excluding carboxylic acids is 1. The zero-order valence-corrected chi connectivity index (χ0v) is 14.6. The van der Waals surface area contributed by atoms with E-state index in [9.17, 15) is 4.79 Å². The molecule has 3 N–H and O–H groups in total. The first kappa shape index (κ1) is 17.2. The molecule has 6 heteroatoms. The highest BCUT2D eigenvalue weighted by atomic mass is 32.1. The Morgan fingerprint density at radius 2 is 1.91 bits per heavy atom. The van der Waals surface area contributed by atoms with E-state index in [1.807, 2.05) is 29.6 Å². The number of thiophene rings is 1. The third kappa shape index (κ3) is 5.84. The van der Waals surface area contributed by atoms with Gasteiger partial charge in [0.2, 0.25) is 0 Å². The van der Waals surface area contributed by atoms with Crippen molar-refractivity contribution in [1.29, 1.82) is 0 Å². The van der Waals surface area contributed by atoms with Crippen molar-refractivity contribution in [2.24, 2.45) is 0 Å². The molecular weight excluding hydrogens is 326 g/mol. The van der Waals surface area contributed by atoms with Crippen molar-refractivity contribution in [3.8, 4) is 0 Å². The van der Waals surface area contributed by atoms with Crippen LogP contribution in [0.4, 0.5) is 5.69 Å². The molecule has 1 aromatic heterocycles. The second-order valence-electron chi connectivity index (χ2n) is 5.19. The van der Waals surface area contributed by atoms with Crippen LogP contribution < -0.4 is 16.2 Å². The maximum atomic E-state index is 11.7. The zero-order chi connectivity index (χ0) is 16.7. The van der Waals surface area contributed by atoms with Gasteiger partial charge in [0, 0.05) is 16.6 Å². The van der Waals surface area contributed by atoms with E-state index in [0.717, 1.165) is 10.6 Å². The summed E-state index contributed by atoms with van der Waals surface area (Å²) >= 11 is 6.71. The molecule has 0 saturated heterocycles. The lowest BCUT2D eigenvalue weighted by Crippen LogP contribution is -2.43. The minimum atomic E-state index is -0.266. The Morgan fingerprint density at radius 1 is 1.17 bits per heavy atom. The molecule has 1 aromatic carbocycles. The number of thiocarbonyl (C=S) groups is 1. The van der Waals surface area contributed by atoms with Crippen molar-refractivity contribution in [3.05, 3.63) is 58.3 Å². The van der Waals surface area contributed by atoms with Crippen molar-refractivity contribution in [1.82, 2.24) is 10.9 Å². The predicted octanol–water partition coefficient (Wildman–Crippen LogP) is 3.90. The third-order valence-corrected chi connectivity index (χ3v) is 4.12. The summed E-state index contributed by atoms with van der Waals surface area (Å²) in [7, 11) is 0. The highest BCUT2D eigenvalue weighted by molar-refractivity contribution is 7.80. The first-order chi connectivity index (χ1) is 11.0. The van der Waals surface area contributed by atoms with Gasteiger partial charge in [0.1, 0.15) is 0 Å². The summed E-state index contributed by atoms with van der Waals surface area (Å²) in [5, 5.41) is 5.31. The molecule has 4 nitrogen and oxygen atoms in total. The summed E-state index contributed by atoms with van der Waals surface area (Å²) in [5.41, 5.74) is 7.33. The average molecular weight is 345 g/mol. The fraction of sp³-hybridized carbons (Fsp3) is 0.176. The van der Waals surface area contributed by atoms with Crippen LogP contribution in [0.1, 0.15) is 30.2 Å². The standard InChI is InChI=1S/C17H19N3OS2/c1-12(2)13-5-7-14(8-6-13)18-17(22)20-19-16(21)10-9-15-4-3-11-23-15/h3-12H,1-2H3,(H,19,21)(H2,18,20,22)/b10-9+. The first-order valence-corrected chi connectivity index (χ1v) is 8.52. The van der Waals surface area contributed by atoms with Crippen molar-refractivity contribution >= 4 is 46.3 Å². The van der Waals surface area contributed by atoms with Crippen LogP contribution in [-0.2, 0) is 4.79 Å². The lowest BCUT2D eigenvalue weighted by Gasteiger charge is -2.11. The fourth-order valence-electron chi connectivity index (χ4n) is 1.82. The molecule has 0 aliphatic rings. The van der Waals surface area contributed by atoms with Crippen molar-refractivity contribution in [3.63, 3.8) is 0 Å². The summed E-state index contributed by atoms with van der Waals surface area (Å²) in [6.45, 7) is 4.29. The van der Waals surface area contributed by atoms with Gasteiger partial charge in [-0.3, -0.25) is 15.6 Å². The van der Waals surface area contributed by atoms with Gasteiger partial charge in [0.25, 0.3) is 5.91 Å². The molecular formula is C17H19N3OS2. The molecule has 120 valence electrons.